The summed E-state index contributed by atoms with van der Waals surface area (Å²) in [7, 11) is 0. The van der Waals surface area contributed by atoms with E-state index >= 15 is 0 Å². The lowest BCUT2D eigenvalue weighted by Crippen LogP contribution is -2.55. The van der Waals surface area contributed by atoms with Gasteiger partial charge in [0.25, 0.3) is 0 Å². The molecule has 2 rings (SSSR count). The van der Waals surface area contributed by atoms with Crippen LogP contribution in [-0.2, 0) is 22.1 Å². The van der Waals surface area contributed by atoms with E-state index in [0.717, 1.165) is 29.5 Å². The number of aryl methyl sites for hydroxylation is 1. The van der Waals surface area contributed by atoms with E-state index in [0.29, 0.717) is 27.7 Å². The fourth-order valence-corrected chi connectivity index (χ4v) is 4.71. The predicted molar refractivity (Wildman–Crippen MR) is 135 cm³/mol. The Morgan fingerprint density at radius 3 is 2.36 bits per heavy atom. The number of nitrogens with one attached hydrogen (secondary N) is 1. The highest BCUT2D eigenvalue weighted by Crippen LogP contribution is 2.36. The van der Waals surface area contributed by atoms with Crippen LogP contribution in [-0.4, -0.2) is 28.3 Å². The number of carboxylic acid groups (broad SMARTS) is 1. The molecule has 36 heavy (non-hydrogen) atoms. The van der Waals surface area contributed by atoms with Crippen molar-refractivity contribution in [3.05, 3.63) is 71.3 Å². The third kappa shape index (κ3) is 8.78. The quantitative estimate of drug-likeness (QED) is 0.299. The molecule has 0 saturated carbocycles. The number of alkyl halides is 3. The van der Waals surface area contributed by atoms with Gasteiger partial charge in [0.05, 0.1) is 5.56 Å². The molecule has 2 aromatic rings. The minimum atomic E-state index is -4.42. The smallest absolute Gasteiger partial charge is 0.416 e. The van der Waals surface area contributed by atoms with Gasteiger partial charge < -0.3 is 15.2 Å². The van der Waals surface area contributed by atoms with Crippen molar-refractivity contribution >= 4 is 35.4 Å². The number of carbonyl (C=O) groups is 2. The number of carboxylic acids is 1. The van der Waals surface area contributed by atoms with E-state index in [1.54, 1.807) is 45.0 Å². The third-order valence-electron chi connectivity index (χ3n) is 5.11. The van der Waals surface area contributed by atoms with Crippen LogP contribution in [0.25, 0.3) is 0 Å². The van der Waals surface area contributed by atoms with Gasteiger partial charge in [-0.2, -0.15) is 13.2 Å². The highest BCUT2D eigenvalue weighted by atomic mass is 35.5. The maximum absolute atomic E-state index is 13.0. The molecule has 0 aromatic heterocycles. The first-order valence-electron chi connectivity index (χ1n) is 11.1. The van der Waals surface area contributed by atoms with Gasteiger partial charge in [-0.05, 0) is 82.3 Å². The first-order valence-corrected chi connectivity index (χ1v) is 12.3. The molecule has 0 aliphatic carbocycles. The molecular weight excluding hydrogens is 515 g/mol. The summed E-state index contributed by atoms with van der Waals surface area (Å²) in [5.74, 6) is -1.20. The van der Waals surface area contributed by atoms with E-state index < -0.39 is 34.9 Å². The van der Waals surface area contributed by atoms with Crippen molar-refractivity contribution in [1.29, 1.82) is 0 Å². The number of aliphatic carboxylic acids is 1. The second-order valence-corrected chi connectivity index (χ2v) is 10.8. The molecule has 0 aliphatic rings. The summed E-state index contributed by atoms with van der Waals surface area (Å²) < 4.78 is 44.1. The van der Waals surface area contributed by atoms with E-state index in [4.69, 9.17) is 16.3 Å². The van der Waals surface area contributed by atoms with Crippen LogP contribution in [0, 0.1) is 0 Å². The number of hydrogen-bond donors (Lipinski definition) is 2. The van der Waals surface area contributed by atoms with Crippen LogP contribution in [0.1, 0.15) is 51.2 Å². The molecule has 10 heteroatoms. The Morgan fingerprint density at radius 1 is 1.14 bits per heavy atom. The van der Waals surface area contributed by atoms with Crippen molar-refractivity contribution in [2.75, 3.05) is 0 Å². The predicted octanol–water partition coefficient (Wildman–Crippen LogP) is 7.76. The van der Waals surface area contributed by atoms with Gasteiger partial charge >= 0.3 is 18.2 Å². The van der Waals surface area contributed by atoms with Gasteiger partial charge in [0, 0.05) is 14.8 Å². The first-order chi connectivity index (χ1) is 16.6. The van der Waals surface area contributed by atoms with Gasteiger partial charge in [-0.25, -0.2) is 9.59 Å². The van der Waals surface area contributed by atoms with Crippen molar-refractivity contribution in [3.8, 4) is 0 Å². The van der Waals surface area contributed by atoms with Crippen LogP contribution in [0.5, 0.6) is 0 Å². The molecule has 2 N–H and O–H groups in total. The Bertz CT molecular complexity index is 1100. The van der Waals surface area contributed by atoms with E-state index in [-0.39, 0.29) is 12.8 Å². The third-order valence-corrected chi connectivity index (χ3v) is 6.44. The highest BCUT2D eigenvalue weighted by Gasteiger charge is 2.39. The molecule has 0 aliphatic heterocycles. The van der Waals surface area contributed by atoms with E-state index in [9.17, 15) is 27.9 Å². The van der Waals surface area contributed by atoms with Crippen molar-refractivity contribution in [3.63, 3.8) is 0 Å². The number of alkyl carbamates (subject to hydrolysis) is 1. The first kappa shape index (κ1) is 29.6. The number of carbonyl (C=O) groups excluding carboxylic acids is 1. The van der Waals surface area contributed by atoms with Crippen LogP contribution in [0.4, 0.5) is 18.0 Å². The van der Waals surface area contributed by atoms with Gasteiger partial charge in [0.2, 0.25) is 0 Å². The molecule has 0 saturated heterocycles. The fourth-order valence-electron chi connectivity index (χ4n) is 3.46. The summed E-state index contributed by atoms with van der Waals surface area (Å²) in [5, 5.41) is 12.8. The average molecular weight is 544 g/mol. The van der Waals surface area contributed by atoms with E-state index in [1.165, 1.54) is 12.1 Å². The minimum absolute atomic E-state index is 0.00186. The van der Waals surface area contributed by atoms with E-state index in [2.05, 4.69) is 11.9 Å². The molecule has 196 valence electrons. The van der Waals surface area contributed by atoms with E-state index in [1.807, 2.05) is 0 Å². The van der Waals surface area contributed by atoms with Gasteiger partial charge in [-0.3, -0.25) is 0 Å². The Hall–Kier alpha value is -2.65. The zero-order chi connectivity index (χ0) is 27.1. The fraction of sp³-hybridized carbons (Fsp3) is 0.385. The average Bonchev–Trinajstić information content (AvgIpc) is 2.73. The van der Waals surface area contributed by atoms with Crippen LogP contribution >= 0.6 is 23.4 Å². The lowest BCUT2D eigenvalue weighted by atomic mass is 9.88. The summed E-state index contributed by atoms with van der Waals surface area (Å²) in [4.78, 5) is 25.5. The maximum atomic E-state index is 13.0. The number of ether oxygens (including phenoxy) is 1. The molecule has 5 nitrogen and oxygen atoms in total. The summed E-state index contributed by atoms with van der Waals surface area (Å²) in [6.45, 7) is 8.65. The molecule has 2 aromatic carbocycles. The minimum Gasteiger partial charge on any atom is -0.479 e. The molecule has 0 heterocycles. The van der Waals surface area contributed by atoms with Crippen molar-refractivity contribution < 1.29 is 32.6 Å². The molecule has 1 amide bonds. The summed E-state index contributed by atoms with van der Waals surface area (Å²) in [5.41, 5.74) is -2.35. The second kappa shape index (κ2) is 12.1. The van der Waals surface area contributed by atoms with Gasteiger partial charge in [0.1, 0.15) is 11.1 Å². The van der Waals surface area contributed by atoms with Gasteiger partial charge in [-0.1, -0.05) is 41.6 Å². The van der Waals surface area contributed by atoms with Crippen molar-refractivity contribution in [2.45, 2.75) is 73.6 Å². The van der Waals surface area contributed by atoms with Crippen molar-refractivity contribution in [2.24, 2.45) is 0 Å². The summed E-state index contributed by atoms with van der Waals surface area (Å²) in [6, 6.07) is 10.2. The summed E-state index contributed by atoms with van der Waals surface area (Å²) >= 11 is 7.57. The zero-order valence-electron chi connectivity index (χ0n) is 20.2. The Labute approximate surface area is 218 Å². The lowest BCUT2D eigenvalue weighted by molar-refractivity contribution is -0.145. The number of rotatable bonds is 10. The topological polar surface area (TPSA) is 75.6 Å². The van der Waals surface area contributed by atoms with Crippen LogP contribution < -0.4 is 5.32 Å². The monoisotopic (exact) mass is 543 g/mol. The Kier molecular flexibility index (Phi) is 9.91. The SMILES string of the molecule is C=CCC(CCCc1ccc(Sc2cccc(C(F)(F)F)c2)cc1Cl)(NC(=O)OC(C)(C)C)C(=O)O. The van der Waals surface area contributed by atoms with Gasteiger partial charge in [0.15, 0.2) is 0 Å². The van der Waals surface area contributed by atoms with Crippen LogP contribution in [0.2, 0.25) is 5.02 Å². The Balaban J connectivity index is 2.09. The van der Waals surface area contributed by atoms with Crippen LogP contribution in [0.3, 0.4) is 0 Å². The van der Waals surface area contributed by atoms with Gasteiger partial charge in [-0.15, -0.1) is 6.58 Å². The van der Waals surface area contributed by atoms with Crippen molar-refractivity contribution in [1.82, 2.24) is 5.32 Å². The van der Waals surface area contributed by atoms with Crippen LogP contribution in [0.15, 0.2) is 64.9 Å². The molecule has 0 spiro atoms. The zero-order valence-corrected chi connectivity index (χ0v) is 21.8. The Morgan fingerprint density at radius 2 is 1.81 bits per heavy atom. The molecular formula is C26H29ClF3NO4S. The maximum Gasteiger partial charge on any atom is 0.416 e. The standard InChI is InChI=1S/C26H29ClF3NO4S/c1-5-13-25(22(32)33,31-23(34)35-24(2,3)4)14-7-8-17-11-12-20(16-21(17)27)36-19-10-6-9-18(15-19)26(28,29)30/h5-6,9-12,15-16H,1,7-8,13-14H2,2-4H3,(H,31,34)(H,32,33). The molecule has 0 radical (unpaired) electrons. The molecule has 0 bridgehead atoms. The summed E-state index contributed by atoms with van der Waals surface area (Å²) in [6.07, 6.45) is -2.91. The molecule has 1 unspecified atom stereocenters. The second-order valence-electron chi connectivity index (χ2n) is 9.24. The number of hydrogen-bond acceptors (Lipinski definition) is 4. The number of benzene rings is 2. The number of halogens is 4. The highest BCUT2D eigenvalue weighted by molar-refractivity contribution is 7.99. The number of amides is 1. The normalized spacial score (nSPS) is 13.5. The molecule has 0 fully saturated rings. The lowest BCUT2D eigenvalue weighted by Gasteiger charge is -2.31. The molecule has 1 atom stereocenters. The largest absolute Gasteiger partial charge is 0.479 e.